The molecule has 0 spiro atoms. The summed E-state index contributed by atoms with van der Waals surface area (Å²) in [5.74, 6) is -3.22. The molecule has 0 bridgehead atoms. The third kappa shape index (κ3) is 6.22. The highest BCUT2D eigenvalue weighted by Gasteiger charge is 2.57. The molecule has 6 aromatic rings. The van der Waals surface area contributed by atoms with Crippen molar-refractivity contribution >= 4 is 24.6 Å². The molecule has 0 aliphatic rings. The molecule has 0 aliphatic heterocycles. The Morgan fingerprint density at radius 1 is 0.854 bits per heavy atom. The summed E-state index contributed by atoms with van der Waals surface area (Å²) in [7, 11) is -1.20. The van der Waals surface area contributed by atoms with E-state index in [1.807, 2.05) is 43.6 Å². The average molecular weight is 673 g/mol. The van der Waals surface area contributed by atoms with Crippen molar-refractivity contribution in [1.29, 1.82) is 0 Å². The van der Waals surface area contributed by atoms with E-state index in [2.05, 4.69) is 61.6 Å². The Hall–Kier alpha value is -4.55. The number of hydrogen-bond donors (Lipinski definition) is 0. The van der Waals surface area contributed by atoms with Gasteiger partial charge in [-0.25, -0.2) is 28.1 Å². The lowest BCUT2D eigenvalue weighted by Crippen LogP contribution is -2.64. The number of aromatic nitrogens is 6. The van der Waals surface area contributed by atoms with Crippen molar-refractivity contribution in [2.24, 2.45) is 7.05 Å². The third-order valence-corrected chi connectivity index (χ3v) is 14.6. The van der Waals surface area contributed by atoms with E-state index >= 15 is 8.78 Å². The first-order valence-corrected chi connectivity index (χ1v) is 17.6. The summed E-state index contributed by atoms with van der Waals surface area (Å²) in [5.41, 5.74) is 2.73. The lowest BCUT2D eigenvalue weighted by Gasteiger charge is -2.51. The molecule has 0 radical (unpaired) electrons. The molecule has 0 saturated carbocycles. The fourth-order valence-electron chi connectivity index (χ4n) is 6.91. The number of halogens is 3. The summed E-state index contributed by atoms with van der Waals surface area (Å²) in [5, 5.41) is 5.35. The molecule has 4 heterocycles. The molecule has 12 heteroatoms. The van der Waals surface area contributed by atoms with Crippen molar-refractivity contribution in [2.75, 3.05) is 6.61 Å². The van der Waals surface area contributed by atoms with E-state index in [9.17, 15) is 4.39 Å². The van der Waals surface area contributed by atoms with Gasteiger partial charge in [0, 0.05) is 30.6 Å². The molecule has 2 aromatic carbocycles. The van der Waals surface area contributed by atoms with Gasteiger partial charge in [0.1, 0.15) is 36.7 Å². The first kappa shape index (κ1) is 33.4. The molecule has 250 valence electrons. The number of alkyl halides is 2. The Morgan fingerprint density at radius 2 is 1.54 bits per heavy atom. The number of benzene rings is 2. The smallest absolute Gasteiger partial charge is 0.288 e. The lowest BCUT2D eigenvalue weighted by atomic mass is 10.0. The van der Waals surface area contributed by atoms with Gasteiger partial charge in [0.25, 0.3) is 5.92 Å². The van der Waals surface area contributed by atoms with Crippen molar-refractivity contribution in [1.82, 2.24) is 29.3 Å². The number of rotatable bonds is 9. The molecule has 0 fully saturated rings. The fourth-order valence-corrected chi connectivity index (χ4v) is 13.0. The maximum Gasteiger partial charge on any atom is 0.288 e. The van der Waals surface area contributed by atoms with Crippen molar-refractivity contribution in [2.45, 2.75) is 64.1 Å². The van der Waals surface area contributed by atoms with E-state index in [-0.39, 0.29) is 0 Å². The first-order valence-electron chi connectivity index (χ1n) is 15.7. The molecule has 6 rings (SSSR count). The SMILES string of the molecule is Cn1cnc(-c2cc3c(-c4cn(CC(F)(F)CO[Si](c5ccccc5)(C(C)(C)C)C(C)(C)C)nc4-c4ccc(F)cc4)ncnc3o2)c1. The van der Waals surface area contributed by atoms with Crippen molar-refractivity contribution in [3.05, 3.63) is 91.5 Å². The molecule has 0 unspecified atom stereocenters. The standard InChI is InChI=1S/C36H39F3N6O2Si/c1-34(2,3)48(35(4,5)6,26-11-9-8-10-12-26)46-21-36(38,39)20-45-18-28(31(43-45)24-13-15-25(37)16-14-24)32-27-17-30(29-19-44(7)23-42-29)47-33(27)41-22-40-32/h8-19,22-23H,20-21H2,1-7H3. The third-order valence-electron chi connectivity index (χ3n) is 8.61. The van der Waals surface area contributed by atoms with Gasteiger partial charge in [-0.2, -0.15) is 5.10 Å². The van der Waals surface area contributed by atoms with Crippen LogP contribution in [-0.4, -0.2) is 50.1 Å². The summed E-state index contributed by atoms with van der Waals surface area (Å²) >= 11 is 0. The molecule has 0 saturated heterocycles. The van der Waals surface area contributed by atoms with Gasteiger partial charge in [-0.05, 0) is 45.6 Å². The molecular weight excluding hydrogens is 634 g/mol. The Kier molecular flexibility index (Phi) is 8.45. The summed E-state index contributed by atoms with van der Waals surface area (Å²) in [6.45, 7) is 10.9. The number of nitrogens with zero attached hydrogens (tertiary/aromatic N) is 6. The topological polar surface area (TPSA) is 83.8 Å². The normalized spacial score (nSPS) is 13.0. The maximum absolute atomic E-state index is 16.1. The second-order valence-electron chi connectivity index (χ2n) is 14.3. The van der Waals surface area contributed by atoms with Gasteiger partial charge >= 0.3 is 0 Å². The van der Waals surface area contributed by atoms with Crippen LogP contribution in [0.4, 0.5) is 13.2 Å². The van der Waals surface area contributed by atoms with Gasteiger partial charge in [-0.15, -0.1) is 0 Å². The Morgan fingerprint density at radius 3 is 2.17 bits per heavy atom. The summed E-state index contributed by atoms with van der Waals surface area (Å²) < 4.78 is 61.7. The molecule has 0 atom stereocenters. The second kappa shape index (κ2) is 12.2. The maximum atomic E-state index is 16.1. The van der Waals surface area contributed by atoms with Gasteiger partial charge < -0.3 is 13.4 Å². The van der Waals surface area contributed by atoms with Crippen molar-refractivity contribution < 1.29 is 22.0 Å². The van der Waals surface area contributed by atoms with Crippen LogP contribution in [0.15, 0.2) is 90.1 Å². The van der Waals surface area contributed by atoms with E-state index in [1.165, 1.54) is 29.3 Å². The minimum absolute atomic E-state index is 0.309. The highest BCUT2D eigenvalue weighted by Crippen LogP contribution is 2.51. The Bertz CT molecular complexity index is 2030. The van der Waals surface area contributed by atoms with E-state index in [4.69, 9.17) is 8.84 Å². The van der Waals surface area contributed by atoms with Crippen LogP contribution in [-0.2, 0) is 18.0 Å². The van der Waals surface area contributed by atoms with Crippen LogP contribution >= 0.6 is 0 Å². The number of fused-ring (bicyclic) bond motifs is 1. The number of hydrogen-bond acceptors (Lipinski definition) is 6. The predicted molar refractivity (Wildman–Crippen MR) is 183 cm³/mol. The van der Waals surface area contributed by atoms with Crippen LogP contribution in [0.25, 0.3) is 45.1 Å². The number of furan rings is 1. The summed E-state index contributed by atoms with van der Waals surface area (Å²) in [6, 6.07) is 17.3. The van der Waals surface area contributed by atoms with E-state index in [0.29, 0.717) is 45.1 Å². The van der Waals surface area contributed by atoms with Crippen LogP contribution < -0.4 is 5.19 Å². The molecule has 4 aromatic heterocycles. The first-order chi connectivity index (χ1) is 22.6. The van der Waals surface area contributed by atoms with E-state index in [1.54, 1.807) is 29.1 Å². The van der Waals surface area contributed by atoms with Crippen molar-refractivity contribution in [3.8, 4) is 34.0 Å². The molecule has 0 N–H and O–H groups in total. The van der Waals surface area contributed by atoms with Crippen LogP contribution in [0.5, 0.6) is 0 Å². The largest absolute Gasteiger partial charge is 0.436 e. The zero-order valence-corrected chi connectivity index (χ0v) is 29.1. The van der Waals surface area contributed by atoms with E-state index < -0.39 is 43.3 Å². The van der Waals surface area contributed by atoms with Crippen molar-refractivity contribution in [3.63, 3.8) is 0 Å². The molecule has 0 amide bonds. The highest BCUT2D eigenvalue weighted by molar-refractivity contribution is 6.91. The van der Waals surface area contributed by atoms with Gasteiger partial charge in [-0.3, -0.25) is 4.68 Å². The molecular formula is C36H39F3N6O2Si. The molecule has 8 nitrogen and oxygen atoms in total. The summed E-state index contributed by atoms with van der Waals surface area (Å²) in [4.78, 5) is 13.2. The fraction of sp³-hybridized carbons (Fsp3) is 0.333. The van der Waals surface area contributed by atoms with E-state index in [0.717, 1.165) is 5.19 Å². The van der Waals surface area contributed by atoms with Crippen LogP contribution in [0.2, 0.25) is 10.1 Å². The van der Waals surface area contributed by atoms with Crippen LogP contribution in [0.1, 0.15) is 41.5 Å². The van der Waals surface area contributed by atoms with Gasteiger partial charge in [0.05, 0.1) is 17.4 Å². The predicted octanol–water partition coefficient (Wildman–Crippen LogP) is 8.40. The second-order valence-corrected chi connectivity index (χ2v) is 19.5. The van der Waals surface area contributed by atoms with Gasteiger partial charge in [0.15, 0.2) is 5.76 Å². The van der Waals surface area contributed by atoms with Crippen LogP contribution in [0, 0.1) is 5.82 Å². The Balaban J connectivity index is 1.39. The van der Waals surface area contributed by atoms with Gasteiger partial charge in [0.2, 0.25) is 14.0 Å². The minimum Gasteiger partial charge on any atom is -0.436 e. The number of aryl methyl sites for hydroxylation is 1. The van der Waals surface area contributed by atoms with Gasteiger partial charge in [-0.1, -0.05) is 71.9 Å². The lowest BCUT2D eigenvalue weighted by molar-refractivity contribution is -0.0617. The molecule has 48 heavy (non-hydrogen) atoms. The Labute approximate surface area is 278 Å². The monoisotopic (exact) mass is 672 g/mol. The zero-order valence-electron chi connectivity index (χ0n) is 28.1. The average Bonchev–Trinajstić information content (AvgIpc) is 3.75. The zero-order chi connectivity index (χ0) is 34.5. The number of imidazole rings is 1. The quantitative estimate of drug-likeness (QED) is 0.144. The minimum atomic E-state index is -3.28. The summed E-state index contributed by atoms with van der Waals surface area (Å²) in [6.07, 6.45) is 6.36. The molecule has 0 aliphatic carbocycles. The highest BCUT2D eigenvalue weighted by atomic mass is 28.4. The van der Waals surface area contributed by atoms with Crippen LogP contribution in [0.3, 0.4) is 0 Å².